The topological polar surface area (TPSA) is 67.9 Å². The molecule has 0 radical (unpaired) electrons. The van der Waals surface area contributed by atoms with Crippen LogP contribution in [0.2, 0.25) is 0 Å². The minimum atomic E-state index is -0.330. The summed E-state index contributed by atoms with van der Waals surface area (Å²) in [7, 11) is 1.53. The van der Waals surface area contributed by atoms with Gasteiger partial charge in [0, 0.05) is 18.7 Å². The number of amides is 2. The summed E-state index contributed by atoms with van der Waals surface area (Å²) in [6.07, 6.45) is 0. The van der Waals surface area contributed by atoms with Crippen LogP contribution in [-0.2, 0) is 11.3 Å². The van der Waals surface area contributed by atoms with Gasteiger partial charge in [-0.2, -0.15) is 0 Å². The first-order valence-corrected chi connectivity index (χ1v) is 9.09. The molecule has 0 spiro atoms. The molecule has 0 fully saturated rings. The molecule has 0 aromatic heterocycles. The van der Waals surface area contributed by atoms with Gasteiger partial charge >= 0.3 is 0 Å². The number of carbonyl (C=O) groups excluding carboxylic acids is 2. The monoisotopic (exact) mass is 388 g/mol. The number of methoxy groups -OCH3 is 1. The van der Waals surface area contributed by atoms with Crippen LogP contribution in [-0.4, -0.2) is 43.5 Å². The molecule has 0 bridgehead atoms. The Kier molecular flexibility index (Phi) is 7.80. The van der Waals surface area contributed by atoms with Crippen LogP contribution in [0.15, 0.2) is 42.5 Å². The van der Waals surface area contributed by atoms with Crippen LogP contribution < -0.4 is 14.8 Å². The first-order chi connectivity index (χ1) is 13.5. The van der Waals surface area contributed by atoms with Crippen LogP contribution >= 0.6 is 0 Å². The molecule has 0 aliphatic carbocycles. The highest BCUT2D eigenvalue weighted by Gasteiger charge is 2.19. The maximum absolute atomic E-state index is 12.9. The van der Waals surface area contributed by atoms with Crippen LogP contribution in [0, 0.1) is 5.82 Å². The molecule has 2 aromatic carbocycles. The Bertz CT molecular complexity index is 809. The Hall–Kier alpha value is -3.09. The molecule has 0 aliphatic rings. The van der Waals surface area contributed by atoms with Crippen molar-refractivity contribution in [2.75, 3.05) is 26.8 Å². The molecule has 1 N–H and O–H groups in total. The lowest BCUT2D eigenvalue weighted by Crippen LogP contribution is -2.40. The van der Waals surface area contributed by atoms with E-state index in [2.05, 4.69) is 5.32 Å². The van der Waals surface area contributed by atoms with E-state index >= 15 is 0 Å². The van der Waals surface area contributed by atoms with Crippen molar-refractivity contribution in [3.05, 3.63) is 59.4 Å². The van der Waals surface area contributed by atoms with E-state index in [9.17, 15) is 14.0 Å². The smallest absolute Gasteiger partial charge is 0.254 e. The van der Waals surface area contributed by atoms with Crippen molar-refractivity contribution in [1.29, 1.82) is 0 Å². The van der Waals surface area contributed by atoms with E-state index < -0.39 is 0 Å². The van der Waals surface area contributed by atoms with Crippen molar-refractivity contribution in [3.8, 4) is 11.5 Å². The summed E-state index contributed by atoms with van der Waals surface area (Å²) in [6, 6.07) is 10.8. The number of likely N-dealkylation sites (N-methyl/N-ethyl adjacent to an activating group) is 1. The zero-order valence-electron chi connectivity index (χ0n) is 16.3. The number of nitrogens with zero attached hydrogens (tertiary/aromatic N) is 1. The third kappa shape index (κ3) is 5.70. The summed E-state index contributed by atoms with van der Waals surface area (Å²) in [4.78, 5) is 26.5. The third-order valence-electron chi connectivity index (χ3n) is 4.12. The van der Waals surface area contributed by atoms with Crippen LogP contribution in [0.4, 0.5) is 4.39 Å². The molecule has 0 atom stereocenters. The maximum Gasteiger partial charge on any atom is 0.254 e. The number of carbonyl (C=O) groups is 2. The summed E-state index contributed by atoms with van der Waals surface area (Å²) in [6.45, 7) is 4.65. The quantitative estimate of drug-likeness (QED) is 0.717. The lowest BCUT2D eigenvalue weighted by Gasteiger charge is -2.21. The molecule has 0 heterocycles. The highest BCUT2D eigenvalue weighted by molar-refractivity contribution is 5.97. The number of benzene rings is 2. The molecule has 150 valence electrons. The number of halogens is 1. The molecular weight excluding hydrogens is 363 g/mol. The molecule has 2 amide bonds. The predicted molar refractivity (Wildman–Crippen MR) is 104 cm³/mol. The van der Waals surface area contributed by atoms with Crippen molar-refractivity contribution in [3.63, 3.8) is 0 Å². The van der Waals surface area contributed by atoms with Gasteiger partial charge < -0.3 is 19.7 Å². The van der Waals surface area contributed by atoms with E-state index in [4.69, 9.17) is 9.47 Å². The van der Waals surface area contributed by atoms with Crippen molar-refractivity contribution in [1.82, 2.24) is 10.2 Å². The first-order valence-electron chi connectivity index (χ1n) is 9.09. The molecule has 2 aromatic rings. The highest BCUT2D eigenvalue weighted by atomic mass is 19.1. The number of hydrogen-bond acceptors (Lipinski definition) is 4. The van der Waals surface area contributed by atoms with E-state index in [1.54, 1.807) is 37.3 Å². The van der Waals surface area contributed by atoms with Gasteiger partial charge in [-0.25, -0.2) is 4.39 Å². The average molecular weight is 388 g/mol. The maximum atomic E-state index is 12.9. The van der Waals surface area contributed by atoms with Crippen molar-refractivity contribution >= 4 is 11.8 Å². The largest absolute Gasteiger partial charge is 0.493 e. The Morgan fingerprint density at radius 1 is 1.07 bits per heavy atom. The Morgan fingerprint density at radius 2 is 1.79 bits per heavy atom. The minimum absolute atomic E-state index is 0.0769. The SMILES string of the molecule is CCOc1cc(C(=O)N(CC)CC(=O)NCc2ccc(F)cc2)ccc1OC. The van der Waals surface area contributed by atoms with Crippen LogP contribution in [0.5, 0.6) is 11.5 Å². The highest BCUT2D eigenvalue weighted by Crippen LogP contribution is 2.28. The van der Waals surface area contributed by atoms with Crippen LogP contribution in [0.1, 0.15) is 29.8 Å². The normalized spacial score (nSPS) is 10.3. The summed E-state index contributed by atoms with van der Waals surface area (Å²) in [5, 5.41) is 2.74. The van der Waals surface area contributed by atoms with Gasteiger partial charge in [-0.05, 0) is 49.7 Å². The Morgan fingerprint density at radius 3 is 2.39 bits per heavy atom. The molecule has 0 aliphatic heterocycles. The number of hydrogen-bond donors (Lipinski definition) is 1. The van der Waals surface area contributed by atoms with Gasteiger partial charge in [0.25, 0.3) is 5.91 Å². The summed E-state index contributed by atoms with van der Waals surface area (Å²) in [5.41, 5.74) is 1.19. The Balaban J connectivity index is 2.01. The Labute approximate surface area is 164 Å². The minimum Gasteiger partial charge on any atom is -0.493 e. The van der Waals surface area contributed by atoms with Gasteiger partial charge in [-0.1, -0.05) is 12.1 Å². The van der Waals surface area contributed by atoms with Gasteiger partial charge in [0.2, 0.25) is 5.91 Å². The molecule has 28 heavy (non-hydrogen) atoms. The molecule has 7 heteroatoms. The molecule has 0 unspecified atom stereocenters. The van der Waals surface area contributed by atoms with Gasteiger partial charge in [0.05, 0.1) is 20.3 Å². The number of nitrogens with one attached hydrogen (secondary N) is 1. The van der Waals surface area contributed by atoms with Gasteiger partial charge in [0.15, 0.2) is 11.5 Å². The van der Waals surface area contributed by atoms with Crippen LogP contribution in [0.3, 0.4) is 0 Å². The lowest BCUT2D eigenvalue weighted by atomic mass is 10.1. The van der Waals surface area contributed by atoms with E-state index in [-0.39, 0.29) is 30.7 Å². The third-order valence-corrected chi connectivity index (χ3v) is 4.12. The van der Waals surface area contributed by atoms with Crippen molar-refractivity contribution in [2.45, 2.75) is 20.4 Å². The zero-order valence-corrected chi connectivity index (χ0v) is 16.3. The number of rotatable bonds is 9. The molecular formula is C21H25FN2O4. The molecule has 2 rings (SSSR count). The summed E-state index contributed by atoms with van der Waals surface area (Å²) < 4.78 is 23.7. The molecule has 6 nitrogen and oxygen atoms in total. The lowest BCUT2D eigenvalue weighted by molar-refractivity contribution is -0.121. The summed E-state index contributed by atoms with van der Waals surface area (Å²) >= 11 is 0. The van der Waals surface area contributed by atoms with Crippen molar-refractivity contribution in [2.24, 2.45) is 0 Å². The van der Waals surface area contributed by atoms with E-state index in [1.807, 2.05) is 6.92 Å². The standard InChI is InChI=1S/C21H25FN2O4/c1-4-24(14-20(25)23-13-15-6-9-17(22)10-7-15)21(26)16-8-11-18(27-3)19(12-16)28-5-2/h6-12H,4-5,13-14H2,1-3H3,(H,23,25). The second-order valence-electron chi connectivity index (χ2n) is 6.02. The fourth-order valence-corrected chi connectivity index (χ4v) is 2.62. The second kappa shape index (κ2) is 10.3. The average Bonchev–Trinajstić information content (AvgIpc) is 2.71. The van der Waals surface area contributed by atoms with E-state index in [1.165, 1.54) is 24.1 Å². The first kappa shape index (κ1) is 21.2. The fraction of sp³-hybridized carbons (Fsp3) is 0.333. The van der Waals surface area contributed by atoms with E-state index in [0.29, 0.717) is 30.2 Å². The molecule has 0 saturated heterocycles. The van der Waals surface area contributed by atoms with Gasteiger partial charge in [-0.15, -0.1) is 0 Å². The molecule has 0 saturated carbocycles. The van der Waals surface area contributed by atoms with Gasteiger partial charge in [0.1, 0.15) is 5.82 Å². The van der Waals surface area contributed by atoms with E-state index in [0.717, 1.165) is 5.56 Å². The fourth-order valence-electron chi connectivity index (χ4n) is 2.62. The second-order valence-corrected chi connectivity index (χ2v) is 6.02. The van der Waals surface area contributed by atoms with Gasteiger partial charge in [-0.3, -0.25) is 9.59 Å². The zero-order chi connectivity index (χ0) is 20.5. The van der Waals surface area contributed by atoms with Crippen molar-refractivity contribution < 1.29 is 23.5 Å². The number of ether oxygens (including phenoxy) is 2. The predicted octanol–water partition coefficient (Wildman–Crippen LogP) is 3.01. The summed E-state index contributed by atoms with van der Waals surface area (Å²) in [5.74, 6) is 0.121. The van der Waals surface area contributed by atoms with Crippen LogP contribution in [0.25, 0.3) is 0 Å².